The molecule has 3 aromatic rings. The van der Waals surface area contributed by atoms with Crippen LogP contribution >= 0.6 is 11.6 Å². The molecule has 0 unspecified atom stereocenters. The van der Waals surface area contributed by atoms with Crippen molar-refractivity contribution in [3.05, 3.63) is 82.9 Å². The fourth-order valence-corrected chi connectivity index (χ4v) is 5.24. The van der Waals surface area contributed by atoms with Gasteiger partial charge in [0.1, 0.15) is 5.75 Å². The smallest absolute Gasteiger partial charge is 0.261 e. The van der Waals surface area contributed by atoms with Crippen LogP contribution in [0.25, 0.3) is 0 Å². The first-order valence-corrected chi connectivity index (χ1v) is 14.0. The third kappa shape index (κ3) is 6.97. The number of carbonyl (C=O) groups excluding carboxylic acids is 1. The van der Waals surface area contributed by atoms with Gasteiger partial charge in [0.15, 0.2) is 6.61 Å². The molecule has 36 heavy (non-hydrogen) atoms. The Labute approximate surface area is 216 Å². The van der Waals surface area contributed by atoms with Gasteiger partial charge in [0.05, 0.1) is 9.79 Å². The van der Waals surface area contributed by atoms with E-state index in [-0.39, 0.29) is 28.8 Å². The van der Waals surface area contributed by atoms with Crippen LogP contribution in [0.15, 0.2) is 76.5 Å². The first-order valence-electron chi connectivity index (χ1n) is 10.7. The zero-order valence-corrected chi connectivity index (χ0v) is 22.2. The van der Waals surface area contributed by atoms with Crippen molar-refractivity contribution < 1.29 is 26.4 Å². The largest absolute Gasteiger partial charge is 0.484 e. The summed E-state index contributed by atoms with van der Waals surface area (Å²) in [7, 11) is -4.43. The second-order valence-electron chi connectivity index (χ2n) is 8.04. The second-order valence-corrected chi connectivity index (χ2v) is 12.3. The molecule has 0 aromatic heterocycles. The van der Waals surface area contributed by atoms with E-state index in [1.807, 2.05) is 0 Å². The minimum Gasteiger partial charge on any atom is -0.484 e. The number of anilines is 1. The Kier molecular flexibility index (Phi) is 8.62. The Morgan fingerprint density at radius 1 is 0.917 bits per heavy atom. The van der Waals surface area contributed by atoms with Crippen LogP contribution in [0.2, 0.25) is 5.02 Å². The fourth-order valence-electron chi connectivity index (χ4n) is 3.07. The maximum absolute atomic E-state index is 12.7. The van der Waals surface area contributed by atoms with Crippen LogP contribution in [0, 0.1) is 6.92 Å². The number of rotatable bonds is 10. The van der Waals surface area contributed by atoms with Crippen molar-refractivity contribution >= 4 is 43.2 Å². The highest BCUT2D eigenvalue weighted by atomic mass is 35.5. The molecule has 3 aromatic carbocycles. The van der Waals surface area contributed by atoms with Crippen LogP contribution in [0.4, 0.5) is 5.69 Å². The normalized spacial score (nSPS) is 11.8. The summed E-state index contributed by atoms with van der Waals surface area (Å²) >= 11 is 5.83. The monoisotopic (exact) mass is 551 g/mol. The third-order valence-electron chi connectivity index (χ3n) is 5.10. The van der Waals surface area contributed by atoms with Crippen LogP contribution in [-0.4, -0.2) is 47.8 Å². The van der Waals surface area contributed by atoms with E-state index in [4.69, 9.17) is 16.3 Å². The zero-order valence-electron chi connectivity index (χ0n) is 19.9. The van der Waals surface area contributed by atoms with Crippen LogP contribution in [-0.2, 0) is 31.4 Å². The van der Waals surface area contributed by atoms with Gasteiger partial charge in [0.25, 0.3) is 15.9 Å². The average Bonchev–Trinajstić information content (AvgIpc) is 2.83. The van der Waals surface area contributed by atoms with Crippen LogP contribution in [0.5, 0.6) is 5.75 Å². The highest BCUT2D eigenvalue weighted by molar-refractivity contribution is 7.92. The maximum Gasteiger partial charge on any atom is 0.261 e. The van der Waals surface area contributed by atoms with Crippen LogP contribution in [0.1, 0.15) is 11.1 Å². The van der Waals surface area contributed by atoms with E-state index in [9.17, 15) is 21.6 Å². The summed E-state index contributed by atoms with van der Waals surface area (Å²) in [6.07, 6.45) is 0. The standard InChI is InChI=1S/C24H26ClN3O6S2/c1-17-14-22(35(30,31)27-20-8-6-19(25)7-9-20)12-13-23(17)34-16-24(29)26-15-18-4-10-21(11-5-18)36(32,33)28(2)3/h4-14,27H,15-16H2,1-3H3,(H,26,29). The number of hydrogen-bond donors (Lipinski definition) is 2. The molecule has 0 spiro atoms. The molecular weight excluding hydrogens is 526 g/mol. The Morgan fingerprint density at radius 2 is 1.53 bits per heavy atom. The Hall–Kier alpha value is -3.12. The summed E-state index contributed by atoms with van der Waals surface area (Å²) < 4.78 is 58.7. The SMILES string of the molecule is Cc1cc(S(=O)(=O)Nc2ccc(Cl)cc2)ccc1OCC(=O)NCc1ccc(S(=O)(=O)N(C)C)cc1. The summed E-state index contributed by atoms with van der Waals surface area (Å²) in [6, 6.07) is 16.8. The molecule has 2 N–H and O–H groups in total. The molecule has 0 fully saturated rings. The van der Waals surface area contributed by atoms with Gasteiger partial charge in [-0.25, -0.2) is 21.1 Å². The molecule has 0 aliphatic heterocycles. The lowest BCUT2D eigenvalue weighted by Gasteiger charge is -2.13. The van der Waals surface area contributed by atoms with Gasteiger partial charge in [-0.3, -0.25) is 9.52 Å². The van der Waals surface area contributed by atoms with E-state index in [0.717, 1.165) is 9.87 Å². The summed E-state index contributed by atoms with van der Waals surface area (Å²) in [6.45, 7) is 1.60. The maximum atomic E-state index is 12.7. The lowest BCUT2D eigenvalue weighted by atomic mass is 10.2. The number of sulfonamides is 2. The van der Waals surface area contributed by atoms with E-state index in [2.05, 4.69) is 10.0 Å². The number of benzene rings is 3. The third-order valence-corrected chi connectivity index (χ3v) is 8.56. The summed E-state index contributed by atoms with van der Waals surface area (Å²) in [5.41, 5.74) is 1.64. The Bertz CT molecular complexity index is 1440. The highest BCUT2D eigenvalue weighted by Crippen LogP contribution is 2.24. The molecule has 0 aliphatic carbocycles. The first-order chi connectivity index (χ1) is 16.9. The number of nitrogens with zero attached hydrogens (tertiary/aromatic N) is 1. The van der Waals surface area contributed by atoms with E-state index in [0.29, 0.717) is 22.0 Å². The number of carbonyl (C=O) groups is 1. The minimum absolute atomic E-state index is 0.0477. The van der Waals surface area contributed by atoms with Gasteiger partial charge >= 0.3 is 0 Å². The minimum atomic E-state index is -3.82. The van der Waals surface area contributed by atoms with Gasteiger partial charge in [-0.15, -0.1) is 0 Å². The molecule has 0 aliphatic rings. The van der Waals surface area contributed by atoms with E-state index in [1.54, 1.807) is 43.3 Å². The Balaban J connectivity index is 1.55. The molecule has 0 atom stereocenters. The van der Waals surface area contributed by atoms with Crippen molar-refractivity contribution in [1.29, 1.82) is 0 Å². The quantitative estimate of drug-likeness (QED) is 0.398. The number of amides is 1. The zero-order chi connectivity index (χ0) is 26.5. The number of hydrogen-bond acceptors (Lipinski definition) is 6. The van der Waals surface area contributed by atoms with Gasteiger partial charge in [-0.1, -0.05) is 23.7 Å². The van der Waals surface area contributed by atoms with E-state index < -0.39 is 20.0 Å². The molecule has 1 amide bonds. The summed E-state index contributed by atoms with van der Waals surface area (Å²) in [4.78, 5) is 12.4. The van der Waals surface area contributed by atoms with Crippen molar-refractivity contribution in [2.24, 2.45) is 0 Å². The summed E-state index contributed by atoms with van der Waals surface area (Å²) in [5.74, 6) is -0.0191. The number of halogens is 1. The number of ether oxygens (including phenoxy) is 1. The fraction of sp³-hybridized carbons (Fsp3) is 0.208. The van der Waals surface area contributed by atoms with Crippen LogP contribution in [0.3, 0.4) is 0 Å². The number of nitrogens with one attached hydrogen (secondary N) is 2. The number of aryl methyl sites for hydroxylation is 1. The van der Waals surface area contributed by atoms with Crippen LogP contribution < -0.4 is 14.8 Å². The molecule has 12 heteroatoms. The lowest BCUT2D eigenvalue weighted by Crippen LogP contribution is -2.28. The molecule has 0 heterocycles. The predicted molar refractivity (Wildman–Crippen MR) is 138 cm³/mol. The first kappa shape index (κ1) is 27.5. The molecular formula is C24H26ClN3O6S2. The second kappa shape index (κ2) is 11.3. The van der Waals surface area contributed by atoms with Crippen molar-refractivity contribution in [1.82, 2.24) is 9.62 Å². The Morgan fingerprint density at radius 3 is 2.11 bits per heavy atom. The molecule has 9 nitrogen and oxygen atoms in total. The summed E-state index contributed by atoms with van der Waals surface area (Å²) in [5, 5.41) is 3.19. The van der Waals surface area contributed by atoms with Gasteiger partial charge in [-0.2, -0.15) is 0 Å². The van der Waals surface area contributed by atoms with Gasteiger partial charge in [0.2, 0.25) is 10.0 Å². The van der Waals surface area contributed by atoms with Gasteiger partial charge < -0.3 is 10.1 Å². The molecule has 192 valence electrons. The van der Waals surface area contributed by atoms with Gasteiger partial charge in [-0.05, 0) is 72.6 Å². The van der Waals surface area contributed by atoms with Gasteiger partial charge in [0, 0.05) is 31.4 Å². The van der Waals surface area contributed by atoms with E-state index in [1.165, 1.54) is 44.4 Å². The van der Waals surface area contributed by atoms with Crippen molar-refractivity contribution in [3.63, 3.8) is 0 Å². The predicted octanol–water partition coefficient (Wildman–Crippen LogP) is 3.39. The van der Waals surface area contributed by atoms with Crippen molar-refractivity contribution in [3.8, 4) is 5.75 Å². The highest BCUT2D eigenvalue weighted by Gasteiger charge is 2.18. The lowest BCUT2D eigenvalue weighted by molar-refractivity contribution is -0.123. The molecule has 3 rings (SSSR count). The topological polar surface area (TPSA) is 122 Å². The average molecular weight is 552 g/mol. The van der Waals surface area contributed by atoms with Crippen molar-refractivity contribution in [2.45, 2.75) is 23.3 Å². The molecule has 0 radical (unpaired) electrons. The van der Waals surface area contributed by atoms with Crippen molar-refractivity contribution in [2.75, 3.05) is 25.4 Å². The van der Waals surface area contributed by atoms with E-state index >= 15 is 0 Å². The molecule has 0 bridgehead atoms. The molecule has 0 saturated carbocycles. The molecule has 0 saturated heterocycles.